The molecule has 4 rings (SSSR count). The van der Waals surface area contributed by atoms with Gasteiger partial charge in [-0.3, -0.25) is 0 Å². The lowest BCUT2D eigenvalue weighted by Crippen LogP contribution is -2.27. The molecular weight excluding hydrogens is 338 g/mol. The molecular formula is C22H20N3S+. The van der Waals surface area contributed by atoms with Gasteiger partial charge >= 0.3 is 11.0 Å². The number of anilines is 1. The minimum absolute atomic E-state index is 0.862. The van der Waals surface area contributed by atoms with Crippen LogP contribution in [0.25, 0.3) is 17.1 Å². The van der Waals surface area contributed by atoms with Gasteiger partial charge in [-0.25, -0.2) is 0 Å². The van der Waals surface area contributed by atoms with Crippen LogP contribution in [0.3, 0.4) is 0 Å². The maximum Gasteiger partial charge on any atom is 0.350 e. The first-order valence-electron chi connectivity index (χ1n) is 8.72. The smallest absolute Gasteiger partial charge is 0.337 e. The molecule has 26 heavy (non-hydrogen) atoms. The fourth-order valence-corrected chi connectivity index (χ4v) is 3.76. The molecule has 0 aliphatic heterocycles. The molecule has 0 saturated heterocycles. The second-order valence-electron chi connectivity index (χ2n) is 5.99. The number of benzene rings is 3. The standard InChI is InChI=1S/C22H19N3S/c1-4-10-18(11-5-1)16-17-23-22-24-21(19-12-6-2-7-13-19)25(26-22)20-14-8-3-9-15-20/h1-15H,16-17H2/p+1. The van der Waals surface area contributed by atoms with Crippen molar-refractivity contribution in [2.24, 2.45) is 0 Å². The Balaban J connectivity index is 1.59. The SMILES string of the molecule is c1ccc(CCNc2nc(-c3ccccc3)[n+](-c3ccccc3)s2)cc1. The molecule has 0 aliphatic rings. The van der Waals surface area contributed by atoms with Gasteiger partial charge in [0.15, 0.2) is 0 Å². The van der Waals surface area contributed by atoms with E-state index in [1.807, 2.05) is 30.3 Å². The molecule has 0 unspecified atom stereocenters. The number of nitrogens with zero attached hydrogens (tertiary/aromatic N) is 2. The summed E-state index contributed by atoms with van der Waals surface area (Å²) in [6.07, 6.45) is 0.979. The van der Waals surface area contributed by atoms with E-state index in [1.54, 1.807) is 11.5 Å². The van der Waals surface area contributed by atoms with Gasteiger partial charge in [-0.2, -0.15) is 0 Å². The first-order valence-corrected chi connectivity index (χ1v) is 9.49. The average Bonchev–Trinajstić information content (AvgIpc) is 3.14. The van der Waals surface area contributed by atoms with Gasteiger partial charge in [0.25, 0.3) is 0 Å². The minimum Gasteiger partial charge on any atom is -0.337 e. The van der Waals surface area contributed by atoms with Crippen molar-refractivity contribution in [3.8, 4) is 17.1 Å². The Morgan fingerprint density at radius 2 is 1.38 bits per heavy atom. The van der Waals surface area contributed by atoms with Gasteiger partial charge in [-0.15, -0.1) is 3.96 Å². The van der Waals surface area contributed by atoms with Crippen molar-refractivity contribution in [1.82, 2.24) is 4.98 Å². The molecule has 0 spiro atoms. The van der Waals surface area contributed by atoms with Crippen LogP contribution in [0.4, 0.5) is 5.13 Å². The first-order chi connectivity index (χ1) is 12.9. The lowest BCUT2D eigenvalue weighted by molar-refractivity contribution is -0.509. The highest BCUT2D eigenvalue weighted by Crippen LogP contribution is 2.21. The van der Waals surface area contributed by atoms with Gasteiger partial charge in [0.05, 0.1) is 5.56 Å². The van der Waals surface area contributed by atoms with E-state index < -0.39 is 0 Å². The number of para-hydroxylation sites is 1. The molecule has 1 heterocycles. The lowest BCUT2D eigenvalue weighted by Gasteiger charge is -1.99. The summed E-state index contributed by atoms with van der Waals surface area (Å²) in [5.41, 5.74) is 3.57. The third-order valence-corrected chi connectivity index (χ3v) is 5.11. The number of aromatic nitrogens is 2. The van der Waals surface area contributed by atoms with E-state index >= 15 is 0 Å². The Morgan fingerprint density at radius 3 is 2.08 bits per heavy atom. The van der Waals surface area contributed by atoms with Crippen molar-refractivity contribution >= 4 is 16.7 Å². The van der Waals surface area contributed by atoms with Crippen LogP contribution in [0.5, 0.6) is 0 Å². The maximum atomic E-state index is 4.86. The van der Waals surface area contributed by atoms with Crippen LogP contribution < -0.4 is 9.27 Å². The Morgan fingerprint density at radius 1 is 0.769 bits per heavy atom. The van der Waals surface area contributed by atoms with E-state index in [-0.39, 0.29) is 0 Å². The quantitative estimate of drug-likeness (QED) is 0.504. The summed E-state index contributed by atoms with van der Waals surface area (Å²) in [4.78, 5) is 4.86. The molecule has 0 fully saturated rings. The van der Waals surface area contributed by atoms with E-state index in [0.29, 0.717) is 0 Å². The number of hydrogen-bond acceptors (Lipinski definition) is 3. The van der Waals surface area contributed by atoms with Gasteiger partial charge in [-0.05, 0) is 41.2 Å². The predicted octanol–water partition coefficient (Wildman–Crippen LogP) is 4.74. The molecule has 4 aromatic rings. The summed E-state index contributed by atoms with van der Waals surface area (Å²) >= 11 is 1.64. The Bertz CT molecular complexity index is 894. The molecule has 0 radical (unpaired) electrons. The molecule has 0 amide bonds. The lowest BCUT2D eigenvalue weighted by atomic mass is 10.1. The van der Waals surface area contributed by atoms with Crippen LogP contribution >= 0.6 is 11.5 Å². The van der Waals surface area contributed by atoms with Crippen molar-refractivity contribution in [3.63, 3.8) is 0 Å². The zero-order valence-electron chi connectivity index (χ0n) is 14.4. The first kappa shape index (κ1) is 16.5. The summed E-state index contributed by atoms with van der Waals surface area (Å²) in [6.45, 7) is 0.862. The van der Waals surface area contributed by atoms with Crippen LogP contribution in [0.15, 0.2) is 91.0 Å². The van der Waals surface area contributed by atoms with E-state index in [9.17, 15) is 0 Å². The minimum atomic E-state index is 0.862. The number of hydrogen-bond donors (Lipinski definition) is 1. The Hall–Kier alpha value is -2.98. The van der Waals surface area contributed by atoms with Gasteiger partial charge < -0.3 is 5.32 Å². The molecule has 0 bridgehead atoms. The van der Waals surface area contributed by atoms with Crippen LogP contribution in [0, 0.1) is 0 Å². The van der Waals surface area contributed by atoms with Gasteiger partial charge in [-0.1, -0.05) is 66.7 Å². The van der Waals surface area contributed by atoms with Crippen molar-refractivity contribution < 1.29 is 3.96 Å². The second-order valence-corrected chi connectivity index (χ2v) is 6.92. The molecule has 0 atom stereocenters. The van der Waals surface area contributed by atoms with Crippen molar-refractivity contribution in [1.29, 1.82) is 0 Å². The largest absolute Gasteiger partial charge is 0.350 e. The molecule has 0 saturated carbocycles. The number of rotatable bonds is 6. The van der Waals surface area contributed by atoms with E-state index in [1.165, 1.54) is 5.56 Å². The second kappa shape index (κ2) is 7.93. The zero-order chi connectivity index (χ0) is 17.6. The molecule has 0 aliphatic carbocycles. The van der Waals surface area contributed by atoms with Gasteiger partial charge in [0.2, 0.25) is 0 Å². The van der Waals surface area contributed by atoms with Crippen molar-refractivity contribution in [2.75, 3.05) is 11.9 Å². The summed E-state index contributed by atoms with van der Waals surface area (Å²) < 4.78 is 2.18. The van der Waals surface area contributed by atoms with E-state index in [2.05, 4.69) is 69.9 Å². The van der Waals surface area contributed by atoms with E-state index in [0.717, 1.165) is 35.2 Å². The molecule has 1 aromatic heterocycles. The van der Waals surface area contributed by atoms with Crippen LogP contribution in [0.1, 0.15) is 5.56 Å². The third kappa shape index (κ3) is 3.81. The summed E-state index contributed by atoms with van der Waals surface area (Å²) in [7, 11) is 0. The zero-order valence-corrected chi connectivity index (χ0v) is 15.2. The number of nitrogens with one attached hydrogen (secondary N) is 1. The van der Waals surface area contributed by atoms with Crippen LogP contribution in [-0.4, -0.2) is 11.5 Å². The Labute approximate surface area is 157 Å². The summed E-state index contributed by atoms with van der Waals surface area (Å²) in [5.74, 6) is 0.962. The maximum absolute atomic E-state index is 4.86. The molecule has 1 N–H and O–H groups in total. The fraction of sp³-hybridized carbons (Fsp3) is 0.0909. The molecule has 4 heteroatoms. The Kier molecular flexibility index (Phi) is 5.03. The predicted molar refractivity (Wildman–Crippen MR) is 108 cm³/mol. The third-order valence-electron chi connectivity index (χ3n) is 4.13. The van der Waals surface area contributed by atoms with Crippen LogP contribution in [-0.2, 0) is 6.42 Å². The van der Waals surface area contributed by atoms with Crippen molar-refractivity contribution in [2.45, 2.75) is 6.42 Å². The van der Waals surface area contributed by atoms with Crippen molar-refractivity contribution in [3.05, 3.63) is 96.6 Å². The highest BCUT2D eigenvalue weighted by molar-refractivity contribution is 7.06. The van der Waals surface area contributed by atoms with Crippen LogP contribution in [0.2, 0.25) is 0 Å². The summed E-state index contributed by atoms with van der Waals surface area (Å²) in [6, 6.07) is 31.2. The van der Waals surface area contributed by atoms with E-state index in [4.69, 9.17) is 4.98 Å². The topological polar surface area (TPSA) is 28.8 Å². The summed E-state index contributed by atoms with van der Waals surface area (Å²) in [5, 5.41) is 4.41. The van der Waals surface area contributed by atoms with Gasteiger partial charge in [0, 0.05) is 6.54 Å². The molecule has 3 aromatic carbocycles. The molecule has 128 valence electrons. The highest BCUT2D eigenvalue weighted by Gasteiger charge is 2.23. The van der Waals surface area contributed by atoms with Gasteiger partial charge in [0.1, 0.15) is 17.2 Å². The highest BCUT2D eigenvalue weighted by atomic mass is 32.1. The normalized spacial score (nSPS) is 10.6. The fourth-order valence-electron chi connectivity index (χ4n) is 2.83. The monoisotopic (exact) mass is 358 g/mol. The average molecular weight is 358 g/mol. The molecule has 3 nitrogen and oxygen atoms in total.